The lowest BCUT2D eigenvalue weighted by atomic mass is 10.2. The van der Waals surface area contributed by atoms with Crippen LogP contribution in [0, 0.1) is 0 Å². The minimum Gasteiger partial charge on any atom is -0.497 e. The van der Waals surface area contributed by atoms with Crippen LogP contribution in [0.3, 0.4) is 0 Å². The van der Waals surface area contributed by atoms with Gasteiger partial charge in [0.1, 0.15) is 17.2 Å². The molecule has 2 amide bonds. The second-order valence-corrected chi connectivity index (χ2v) is 6.22. The summed E-state index contributed by atoms with van der Waals surface area (Å²) < 4.78 is 15.7. The highest BCUT2D eigenvalue weighted by Gasteiger charge is 2.18. The maximum atomic E-state index is 12.2. The highest BCUT2D eigenvalue weighted by atomic mass is 35.5. The van der Waals surface area contributed by atoms with Crippen molar-refractivity contribution in [1.29, 1.82) is 0 Å². The summed E-state index contributed by atoms with van der Waals surface area (Å²) in [6.07, 6.45) is -0.913. The maximum Gasteiger partial charge on any atom is 0.279 e. The van der Waals surface area contributed by atoms with Gasteiger partial charge in [0.05, 0.1) is 19.2 Å². The predicted molar refractivity (Wildman–Crippen MR) is 102 cm³/mol. The zero-order valence-corrected chi connectivity index (χ0v) is 16.4. The standard InChI is InChI=1S/C18H18Cl2N2O5/c1-10(27-16-5-4-12(19)8-15(16)20)17(23)21-22-18(24)11-6-13(25-2)9-14(7-11)26-3/h4-10H,1-3H3,(H,21,23)(H,22,24)/t10-/m1/s1. The highest BCUT2D eigenvalue weighted by molar-refractivity contribution is 6.35. The monoisotopic (exact) mass is 412 g/mol. The summed E-state index contributed by atoms with van der Waals surface area (Å²) >= 11 is 11.8. The van der Waals surface area contributed by atoms with Crippen molar-refractivity contribution < 1.29 is 23.8 Å². The van der Waals surface area contributed by atoms with Crippen molar-refractivity contribution >= 4 is 35.0 Å². The molecular weight excluding hydrogens is 395 g/mol. The van der Waals surface area contributed by atoms with E-state index in [4.69, 9.17) is 37.4 Å². The minimum absolute atomic E-state index is 0.251. The van der Waals surface area contributed by atoms with Gasteiger partial charge in [0, 0.05) is 16.7 Å². The first kappa shape index (κ1) is 20.7. The van der Waals surface area contributed by atoms with Gasteiger partial charge in [-0.05, 0) is 37.3 Å². The highest BCUT2D eigenvalue weighted by Crippen LogP contribution is 2.28. The van der Waals surface area contributed by atoms with Crippen LogP contribution in [0.2, 0.25) is 10.0 Å². The fraction of sp³-hybridized carbons (Fsp3) is 0.222. The van der Waals surface area contributed by atoms with Crippen LogP contribution in [0.5, 0.6) is 17.2 Å². The number of rotatable bonds is 6. The summed E-state index contributed by atoms with van der Waals surface area (Å²) in [5, 5.41) is 0.722. The number of carbonyl (C=O) groups excluding carboxylic acids is 2. The molecular formula is C18H18Cl2N2O5. The number of hydrogen-bond acceptors (Lipinski definition) is 5. The Morgan fingerprint density at radius 2 is 1.59 bits per heavy atom. The van der Waals surface area contributed by atoms with E-state index >= 15 is 0 Å². The van der Waals surface area contributed by atoms with Gasteiger partial charge >= 0.3 is 0 Å². The Hall–Kier alpha value is -2.64. The van der Waals surface area contributed by atoms with Crippen LogP contribution in [0.25, 0.3) is 0 Å². The van der Waals surface area contributed by atoms with Crippen molar-refractivity contribution in [3.8, 4) is 17.2 Å². The van der Waals surface area contributed by atoms with E-state index in [1.807, 2.05) is 0 Å². The lowest BCUT2D eigenvalue weighted by molar-refractivity contribution is -0.128. The average Bonchev–Trinajstić information content (AvgIpc) is 2.67. The third kappa shape index (κ3) is 5.67. The number of hydrogen-bond donors (Lipinski definition) is 2. The van der Waals surface area contributed by atoms with E-state index in [1.54, 1.807) is 18.2 Å². The molecule has 0 fully saturated rings. The van der Waals surface area contributed by atoms with E-state index in [-0.39, 0.29) is 10.6 Å². The van der Waals surface area contributed by atoms with Crippen molar-refractivity contribution in [2.24, 2.45) is 0 Å². The van der Waals surface area contributed by atoms with Gasteiger partial charge < -0.3 is 14.2 Å². The lowest BCUT2D eigenvalue weighted by Crippen LogP contribution is -2.47. The molecule has 0 saturated heterocycles. The number of halogens is 2. The van der Waals surface area contributed by atoms with E-state index in [1.165, 1.54) is 39.3 Å². The largest absolute Gasteiger partial charge is 0.497 e. The molecule has 2 aromatic carbocycles. The van der Waals surface area contributed by atoms with Crippen LogP contribution in [0.15, 0.2) is 36.4 Å². The normalized spacial score (nSPS) is 11.3. The fourth-order valence-corrected chi connectivity index (χ4v) is 2.50. The molecule has 0 unspecified atom stereocenters. The van der Waals surface area contributed by atoms with Gasteiger partial charge in [-0.1, -0.05) is 23.2 Å². The molecule has 7 nitrogen and oxygen atoms in total. The summed E-state index contributed by atoms with van der Waals surface area (Å²) in [5.41, 5.74) is 4.85. The number of hydrazine groups is 1. The summed E-state index contributed by atoms with van der Waals surface area (Å²) in [4.78, 5) is 24.4. The smallest absolute Gasteiger partial charge is 0.279 e. The number of methoxy groups -OCH3 is 2. The van der Waals surface area contributed by atoms with E-state index in [2.05, 4.69) is 10.9 Å². The van der Waals surface area contributed by atoms with Crippen LogP contribution >= 0.6 is 23.2 Å². The van der Waals surface area contributed by atoms with Crippen molar-refractivity contribution in [1.82, 2.24) is 10.9 Å². The van der Waals surface area contributed by atoms with Crippen molar-refractivity contribution in [2.75, 3.05) is 14.2 Å². The number of nitrogens with one attached hydrogen (secondary N) is 2. The van der Waals surface area contributed by atoms with Crippen molar-refractivity contribution in [3.63, 3.8) is 0 Å². The summed E-state index contributed by atoms with van der Waals surface area (Å²) in [6.45, 7) is 1.51. The Kier molecular flexibility index (Phi) is 7.15. The summed E-state index contributed by atoms with van der Waals surface area (Å²) in [7, 11) is 2.94. The third-order valence-corrected chi connectivity index (χ3v) is 4.01. The van der Waals surface area contributed by atoms with E-state index in [0.717, 1.165) is 0 Å². The molecule has 9 heteroatoms. The molecule has 0 radical (unpaired) electrons. The first-order valence-corrected chi connectivity index (χ1v) is 8.54. The molecule has 2 rings (SSSR count). The number of amides is 2. The Bertz CT molecular complexity index is 822. The molecule has 2 N–H and O–H groups in total. The van der Waals surface area contributed by atoms with Crippen LogP contribution in [0.4, 0.5) is 0 Å². The third-order valence-electron chi connectivity index (χ3n) is 3.48. The summed E-state index contributed by atoms with van der Waals surface area (Å²) in [6, 6.07) is 9.29. The number of benzene rings is 2. The Morgan fingerprint density at radius 1 is 0.963 bits per heavy atom. The van der Waals surface area contributed by atoms with Gasteiger partial charge in [-0.25, -0.2) is 0 Å². The fourth-order valence-electron chi connectivity index (χ4n) is 2.05. The van der Waals surface area contributed by atoms with E-state index in [9.17, 15) is 9.59 Å². The van der Waals surface area contributed by atoms with Gasteiger partial charge in [-0.3, -0.25) is 20.4 Å². The molecule has 0 aliphatic heterocycles. The van der Waals surface area contributed by atoms with Gasteiger partial charge in [-0.15, -0.1) is 0 Å². The minimum atomic E-state index is -0.913. The zero-order chi connectivity index (χ0) is 20.0. The molecule has 0 aromatic heterocycles. The van der Waals surface area contributed by atoms with Crippen molar-refractivity contribution in [3.05, 3.63) is 52.0 Å². The van der Waals surface area contributed by atoms with Gasteiger partial charge in [-0.2, -0.15) is 0 Å². The molecule has 0 bridgehead atoms. The Labute approximate surface area is 166 Å². The SMILES string of the molecule is COc1cc(OC)cc(C(=O)NNC(=O)[C@@H](C)Oc2ccc(Cl)cc2Cl)c1. The first-order chi connectivity index (χ1) is 12.8. The molecule has 27 heavy (non-hydrogen) atoms. The Morgan fingerprint density at radius 3 is 2.15 bits per heavy atom. The quantitative estimate of drug-likeness (QED) is 0.711. The molecule has 1 atom stereocenters. The van der Waals surface area contributed by atoms with E-state index in [0.29, 0.717) is 22.3 Å². The first-order valence-electron chi connectivity index (χ1n) is 7.79. The summed E-state index contributed by atoms with van der Waals surface area (Å²) in [5.74, 6) is 0.0777. The lowest BCUT2D eigenvalue weighted by Gasteiger charge is -2.16. The van der Waals surface area contributed by atoms with Crippen LogP contribution in [-0.4, -0.2) is 32.1 Å². The molecule has 0 aliphatic carbocycles. The molecule has 0 heterocycles. The van der Waals surface area contributed by atoms with Crippen molar-refractivity contribution in [2.45, 2.75) is 13.0 Å². The molecule has 0 saturated carbocycles. The van der Waals surface area contributed by atoms with Gasteiger partial charge in [0.2, 0.25) is 0 Å². The molecule has 0 aliphatic rings. The van der Waals surface area contributed by atoms with Crippen LogP contribution in [-0.2, 0) is 4.79 Å². The number of carbonyl (C=O) groups is 2. The van der Waals surface area contributed by atoms with Crippen LogP contribution < -0.4 is 25.1 Å². The average molecular weight is 413 g/mol. The Balaban J connectivity index is 1.97. The molecule has 0 spiro atoms. The number of ether oxygens (including phenoxy) is 3. The van der Waals surface area contributed by atoms with Crippen LogP contribution in [0.1, 0.15) is 17.3 Å². The topological polar surface area (TPSA) is 85.9 Å². The second-order valence-electron chi connectivity index (χ2n) is 5.38. The van der Waals surface area contributed by atoms with Gasteiger partial charge in [0.15, 0.2) is 6.10 Å². The maximum absolute atomic E-state index is 12.2. The van der Waals surface area contributed by atoms with Gasteiger partial charge in [0.25, 0.3) is 11.8 Å². The molecule has 2 aromatic rings. The molecule has 144 valence electrons. The second kappa shape index (κ2) is 9.34. The predicted octanol–water partition coefficient (Wildman–Crippen LogP) is 3.24. The zero-order valence-electron chi connectivity index (χ0n) is 14.8. The van der Waals surface area contributed by atoms with E-state index < -0.39 is 17.9 Å².